The van der Waals surface area contributed by atoms with Gasteiger partial charge in [0.05, 0.1) is 15.8 Å². The van der Waals surface area contributed by atoms with Crippen LogP contribution in [0.3, 0.4) is 0 Å². The third kappa shape index (κ3) is 3.46. The van der Waals surface area contributed by atoms with Gasteiger partial charge in [0.15, 0.2) is 9.84 Å². The Morgan fingerprint density at radius 1 is 1.16 bits per heavy atom. The van der Waals surface area contributed by atoms with Gasteiger partial charge in [-0.25, -0.2) is 31.2 Å². The molecule has 1 aromatic heterocycles. The van der Waals surface area contributed by atoms with Gasteiger partial charge in [0.2, 0.25) is 10.0 Å². The molecule has 1 atom stereocenters. The van der Waals surface area contributed by atoms with Crippen LogP contribution in [0.5, 0.6) is 0 Å². The first-order valence-electron chi connectivity index (χ1n) is 7.81. The molecule has 136 valence electrons. The minimum Gasteiger partial charge on any atom is -0.248 e. The van der Waals surface area contributed by atoms with Gasteiger partial charge in [0.1, 0.15) is 12.2 Å². The van der Waals surface area contributed by atoms with Crippen molar-refractivity contribution in [2.45, 2.75) is 49.1 Å². The normalized spacial score (nSPS) is 18.1. The minimum atomic E-state index is -3.91. The van der Waals surface area contributed by atoms with Gasteiger partial charge in [0.25, 0.3) is 0 Å². The number of sulfone groups is 1. The highest BCUT2D eigenvalue weighted by molar-refractivity contribution is 7.91. The van der Waals surface area contributed by atoms with Gasteiger partial charge in [0, 0.05) is 12.8 Å². The van der Waals surface area contributed by atoms with Crippen LogP contribution in [0.25, 0.3) is 0 Å². The van der Waals surface area contributed by atoms with E-state index in [-0.39, 0.29) is 15.4 Å². The van der Waals surface area contributed by atoms with Crippen molar-refractivity contribution < 1.29 is 16.8 Å². The molecule has 0 saturated carbocycles. The Bertz CT molecular complexity index is 1030. The fourth-order valence-electron chi connectivity index (χ4n) is 3.11. The average Bonchev–Trinajstić information content (AvgIpc) is 2.97. The summed E-state index contributed by atoms with van der Waals surface area (Å²) in [5, 5.41) is 4.08. The van der Waals surface area contributed by atoms with Crippen LogP contribution in [0.1, 0.15) is 35.8 Å². The van der Waals surface area contributed by atoms with Crippen LogP contribution in [0.2, 0.25) is 0 Å². The third-order valence-corrected chi connectivity index (χ3v) is 7.08. The average molecular weight is 384 g/mol. The fourth-order valence-corrected chi connectivity index (χ4v) is 5.82. The molecule has 1 unspecified atom stereocenters. The molecule has 3 rings (SSSR count). The molecule has 1 aliphatic rings. The summed E-state index contributed by atoms with van der Waals surface area (Å²) >= 11 is 0. The maximum absolute atomic E-state index is 12.9. The maximum Gasteiger partial charge on any atom is 0.241 e. The summed E-state index contributed by atoms with van der Waals surface area (Å²) in [5.74, 6) is 0.573. The predicted octanol–water partition coefficient (Wildman–Crippen LogP) is 1.11. The van der Waals surface area contributed by atoms with E-state index in [9.17, 15) is 16.8 Å². The van der Waals surface area contributed by atoms with Crippen molar-refractivity contribution in [2.75, 3.05) is 6.26 Å². The molecular formula is C15H20N4O4S2. The lowest BCUT2D eigenvalue weighted by atomic mass is 10.1. The second kappa shape index (κ2) is 6.19. The first-order valence-corrected chi connectivity index (χ1v) is 11.2. The highest BCUT2D eigenvalue weighted by Gasteiger charge is 2.30. The molecule has 1 aliphatic heterocycles. The van der Waals surface area contributed by atoms with Gasteiger partial charge >= 0.3 is 0 Å². The monoisotopic (exact) mass is 384 g/mol. The lowest BCUT2D eigenvalue weighted by molar-refractivity contribution is 0.400. The van der Waals surface area contributed by atoms with Crippen molar-refractivity contribution in [2.24, 2.45) is 0 Å². The van der Waals surface area contributed by atoms with E-state index in [0.717, 1.165) is 12.7 Å². The number of rotatable bonds is 4. The number of nitrogens with one attached hydrogen (secondary N) is 1. The van der Waals surface area contributed by atoms with E-state index >= 15 is 0 Å². The molecule has 0 aliphatic carbocycles. The summed E-state index contributed by atoms with van der Waals surface area (Å²) in [5.41, 5.74) is 0.788. The predicted molar refractivity (Wildman–Crippen MR) is 91.3 cm³/mol. The molecule has 0 radical (unpaired) electrons. The third-order valence-electron chi connectivity index (χ3n) is 4.26. The largest absolute Gasteiger partial charge is 0.248 e. The van der Waals surface area contributed by atoms with Crippen LogP contribution in [0, 0.1) is 13.8 Å². The van der Waals surface area contributed by atoms with E-state index < -0.39 is 25.9 Å². The summed E-state index contributed by atoms with van der Waals surface area (Å²) in [6.45, 7) is 3.88. The van der Waals surface area contributed by atoms with Crippen molar-refractivity contribution in [1.29, 1.82) is 0 Å². The Morgan fingerprint density at radius 2 is 1.84 bits per heavy atom. The van der Waals surface area contributed by atoms with Crippen LogP contribution in [-0.2, 0) is 26.4 Å². The van der Waals surface area contributed by atoms with Crippen LogP contribution in [0.4, 0.5) is 0 Å². The zero-order valence-corrected chi connectivity index (χ0v) is 15.9. The van der Waals surface area contributed by atoms with Gasteiger partial charge in [-0.1, -0.05) is 0 Å². The number of nitrogens with zero attached hydrogens (tertiary/aromatic N) is 3. The number of hydrogen-bond acceptors (Lipinski definition) is 6. The van der Waals surface area contributed by atoms with E-state index in [2.05, 4.69) is 14.8 Å². The number of sulfonamides is 1. The highest BCUT2D eigenvalue weighted by Crippen LogP contribution is 2.28. The summed E-state index contributed by atoms with van der Waals surface area (Å²) < 4.78 is 54.1. The summed E-state index contributed by atoms with van der Waals surface area (Å²) in [4.78, 5) is 4.15. The van der Waals surface area contributed by atoms with Gasteiger partial charge in [-0.15, -0.1) is 0 Å². The van der Waals surface area contributed by atoms with Crippen molar-refractivity contribution in [3.63, 3.8) is 0 Å². The van der Waals surface area contributed by atoms with E-state index in [1.807, 2.05) is 0 Å². The molecule has 0 spiro atoms. The van der Waals surface area contributed by atoms with Gasteiger partial charge in [-0.3, -0.25) is 0 Å². The number of aromatic nitrogens is 3. The first kappa shape index (κ1) is 18.0. The zero-order chi connectivity index (χ0) is 18.4. The van der Waals surface area contributed by atoms with Gasteiger partial charge in [-0.2, -0.15) is 5.10 Å². The molecule has 0 bridgehead atoms. The molecule has 1 aromatic carbocycles. The molecule has 2 heterocycles. The molecule has 10 heteroatoms. The smallest absolute Gasteiger partial charge is 0.241 e. The Hall–Kier alpha value is -1.78. The standard InChI is InChI=1S/C15H20N4O4S2/c1-10-7-13(24(3,20)21)11(2)14(8-10)25(22,23)18-12-5-4-6-19-15(12)16-9-17-19/h7-9,12,18H,4-6H2,1-3H3. The molecule has 25 heavy (non-hydrogen) atoms. The lowest BCUT2D eigenvalue weighted by Gasteiger charge is -2.23. The summed E-state index contributed by atoms with van der Waals surface area (Å²) in [7, 11) is -7.44. The fraction of sp³-hybridized carbons (Fsp3) is 0.467. The van der Waals surface area contributed by atoms with Crippen molar-refractivity contribution >= 4 is 19.9 Å². The molecule has 2 aromatic rings. The van der Waals surface area contributed by atoms with Crippen LogP contribution >= 0.6 is 0 Å². The maximum atomic E-state index is 12.9. The number of hydrogen-bond donors (Lipinski definition) is 1. The van der Waals surface area contributed by atoms with Crippen LogP contribution in [0.15, 0.2) is 28.3 Å². The number of aryl methyl sites for hydroxylation is 2. The van der Waals surface area contributed by atoms with E-state index in [1.165, 1.54) is 25.4 Å². The lowest BCUT2D eigenvalue weighted by Crippen LogP contribution is -2.33. The van der Waals surface area contributed by atoms with Crippen LogP contribution in [-0.4, -0.2) is 37.9 Å². The SMILES string of the molecule is Cc1cc(S(C)(=O)=O)c(C)c(S(=O)(=O)NC2CCCn3ncnc32)c1. The zero-order valence-electron chi connectivity index (χ0n) is 14.2. The van der Waals surface area contributed by atoms with Crippen molar-refractivity contribution in [3.05, 3.63) is 35.4 Å². The van der Waals surface area contributed by atoms with E-state index in [0.29, 0.717) is 24.4 Å². The van der Waals surface area contributed by atoms with Gasteiger partial charge < -0.3 is 0 Å². The van der Waals surface area contributed by atoms with Gasteiger partial charge in [-0.05, 0) is 49.9 Å². The minimum absolute atomic E-state index is 0.0236. The summed E-state index contributed by atoms with van der Waals surface area (Å²) in [6.07, 6.45) is 3.87. The summed E-state index contributed by atoms with van der Waals surface area (Å²) in [6, 6.07) is 2.49. The number of fused-ring (bicyclic) bond motifs is 1. The van der Waals surface area contributed by atoms with E-state index in [1.54, 1.807) is 11.6 Å². The second-order valence-corrected chi connectivity index (χ2v) is 9.98. The van der Waals surface area contributed by atoms with Crippen LogP contribution < -0.4 is 4.72 Å². The highest BCUT2D eigenvalue weighted by atomic mass is 32.2. The number of benzene rings is 1. The molecule has 0 fully saturated rings. The molecule has 0 amide bonds. The first-order chi connectivity index (χ1) is 11.6. The molecule has 1 N–H and O–H groups in total. The topological polar surface area (TPSA) is 111 Å². The van der Waals surface area contributed by atoms with Crippen molar-refractivity contribution in [1.82, 2.24) is 19.5 Å². The molecule has 0 saturated heterocycles. The Labute approximate surface area is 147 Å². The molecular weight excluding hydrogens is 364 g/mol. The van der Waals surface area contributed by atoms with Crippen molar-refractivity contribution in [3.8, 4) is 0 Å². The quantitative estimate of drug-likeness (QED) is 0.845. The van der Waals surface area contributed by atoms with E-state index in [4.69, 9.17) is 0 Å². The molecule has 8 nitrogen and oxygen atoms in total. The Morgan fingerprint density at radius 3 is 2.52 bits per heavy atom. The Balaban J connectivity index is 2.04. The Kier molecular flexibility index (Phi) is 4.46. The second-order valence-electron chi connectivity index (χ2n) is 6.32.